The highest BCUT2D eigenvalue weighted by Gasteiger charge is 2.01. The number of amides is 1. The molecule has 0 spiro atoms. The van der Waals surface area contributed by atoms with Gasteiger partial charge in [-0.05, 0) is 35.4 Å². The Hall–Kier alpha value is -2.03. The van der Waals surface area contributed by atoms with Crippen molar-refractivity contribution in [3.05, 3.63) is 75.8 Å². The molecule has 0 aliphatic carbocycles. The van der Waals surface area contributed by atoms with Crippen molar-refractivity contribution in [2.24, 2.45) is 0 Å². The number of nitrogens with one attached hydrogen (secondary N) is 1. The summed E-state index contributed by atoms with van der Waals surface area (Å²) in [6.45, 7) is 0.600. The fourth-order valence-electron chi connectivity index (χ4n) is 1.99. The van der Waals surface area contributed by atoms with Crippen LogP contribution in [0.5, 0.6) is 0 Å². The third kappa shape index (κ3) is 6.23. The quantitative estimate of drug-likeness (QED) is 0.553. The second-order valence-electron chi connectivity index (χ2n) is 5.00. The molecule has 0 unspecified atom stereocenters. The van der Waals surface area contributed by atoms with Gasteiger partial charge in [-0.1, -0.05) is 46.3 Å². The Balaban J connectivity index is 1.68. The fourth-order valence-corrected chi connectivity index (χ4v) is 3.12. The lowest BCUT2D eigenvalue weighted by molar-refractivity contribution is -0.116. The third-order valence-electron chi connectivity index (χ3n) is 3.24. The summed E-state index contributed by atoms with van der Waals surface area (Å²) < 4.78 is 1.01. The van der Waals surface area contributed by atoms with Crippen molar-refractivity contribution in [3.8, 4) is 6.07 Å². The summed E-state index contributed by atoms with van der Waals surface area (Å²) in [6, 6.07) is 17.5. The molecule has 0 aliphatic heterocycles. The molecule has 3 nitrogen and oxygen atoms in total. The van der Waals surface area contributed by atoms with Crippen LogP contribution in [-0.4, -0.2) is 18.2 Å². The number of hydrogen-bond donors (Lipinski definition) is 1. The lowest BCUT2D eigenvalue weighted by atomic mass is 10.1. The van der Waals surface area contributed by atoms with E-state index >= 15 is 0 Å². The molecule has 0 aliphatic rings. The molecule has 0 saturated heterocycles. The molecule has 0 fully saturated rings. The zero-order valence-electron chi connectivity index (χ0n) is 13.0. The fraction of sp³-hybridized carbons (Fsp3) is 0.158. The zero-order chi connectivity index (χ0) is 17.2. The van der Waals surface area contributed by atoms with Crippen molar-refractivity contribution < 1.29 is 4.79 Å². The van der Waals surface area contributed by atoms with Gasteiger partial charge >= 0.3 is 0 Å². The summed E-state index contributed by atoms with van der Waals surface area (Å²) in [5.41, 5.74) is 2.73. The molecular weight excluding hydrogens is 384 g/mol. The van der Waals surface area contributed by atoms with Gasteiger partial charge in [0.25, 0.3) is 0 Å². The van der Waals surface area contributed by atoms with Crippen LogP contribution in [0.1, 0.15) is 16.7 Å². The lowest BCUT2D eigenvalue weighted by Gasteiger charge is -2.04. The summed E-state index contributed by atoms with van der Waals surface area (Å²) in [6.07, 6.45) is 3.33. The summed E-state index contributed by atoms with van der Waals surface area (Å²) in [5, 5.41) is 11.9. The Morgan fingerprint density at radius 2 is 1.96 bits per heavy atom. The van der Waals surface area contributed by atoms with E-state index in [0.717, 1.165) is 27.1 Å². The topological polar surface area (TPSA) is 52.9 Å². The number of nitriles is 1. The standard InChI is InChI=1S/C19H17BrN2OS/c20-18-8-5-15(6-9-18)7-10-19(23)22-11-12-24-14-17-4-2-1-3-16(17)13-21/h1-10H,11-12,14H2,(H,22,23)/b10-7+. The molecule has 0 saturated carbocycles. The normalized spacial score (nSPS) is 10.5. The van der Waals surface area contributed by atoms with Gasteiger partial charge < -0.3 is 5.32 Å². The van der Waals surface area contributed by atoms with E-state index in [-0.39, 0.29) is 5.91 Å². The van der Waals surface area contributed by atoms with E-state index in [0.29, 0.717) is 12.1 Å². The van der Waals surface area contributed by atoms with Crippen LogP contribution in [0.3, 0.4) is 0 Å². The molecule has 2 rings (SSSR count). The Labute approximate surface area is 154 Å². The first-order chi connectivity index (χ1) is 11.7. The van der Waals surface area contributed by atoms with Crippen molar-refractivity contribution in [1.82, 2.24) is 5.32 Å². The largest absolute Gasteiger partial charge is 0.352 e. The van der Waals surface area contributed by atoms with E-state index in [2.05, 4.69) is 27.3 Å². The maximum absolute atomic E-state index is 11.8. The Bertz CT molecular complexity index is 751. The minimum Gasteiger partial charge on any atom is -0.352 e. The number of thioether (sulfide) groups is 1. The SMILES string of the molecule is N#Cc1ccccc1CSCCNC(=O)/C=C/c1ccc(Br)cc1. The van der Waals surface area contributed by atoms with Crippen LogP contribution < -0.4 is 5.32 Å². The Morgan fingerprint density at radius 3 is 2.71 bits per heavy atom. The van der Waals surface area contributed by atoms with E-state index in [1.54, 1.807) is 23.9 Å². The first-order valence-electron chi connectivity index (χ1n) is 7.46. The van der Waals surface area contributed by atoms with E-state index < -0.39 is 0 Å². The zero-order valence-corrected chi connectivity index (χ0v) is 15.4. The summed E-state index contributed by atoms with van der Waals surface area (Å²) in [5.74, 6) is 1.47. The molecule has 0 heterocycles. The van der Waals surface area contributed by atoms with Gasteiger partial charge in [-0.2, -0.15) is 17.0 Å². The number of halogens is 1. The van der Waals surface area contributed by atoms with E-state index in [4.69, 9.17) is 5.26 Å². The molecule has 0 atom stereocenters. The number of carbonyl (C=O) groups is 1. The number of benzene rings is 2. The summed E-state index contributed by atoms with van der Waals surface area (Å²) in [4.78, 5) is 11.8. The third-order valence-corrected chi connectivity index (χ3v) is 4.77. The van der Waals surface area contributed by atoms with Gasteiger partial charge in [0.2, 0.25) is 5.91 Å². The minimum absolute atomic E-state index is 0.101. The van der Waals surface area contributed by atoms with Gasteiger partial charge in [0.1, 0.15) is 0 Å². The predicted molar refractivity (Wildman–Crippen MR) is 104 cm³/mol. The average molecular weight is 401 g/mol. The van der Waals surface area contributed by atoms with Crippen molar-refractivity contribution >= 4 is 39.7 Å². The molecule has 1 N–H and O–H groups in total. The van der Waals surface area contributed by atoms with Gasteiger partial charge in [-0.15, -0.1) is 0 Å². The van der Waals surface area contributed by atoms with Gasteiger partial charge in [-0.25, -0.2) is 0 Å². The van der Waals surface area contributed by atoms with E-state index in [1.165, 1.54) is 0 Å². The van der Waals surface area contributed by atoms with Crippen molar-refractivity contribution in [1.29, 1.82) is 5.26 Å². The molecule has 2 aromatic carbocycles. The van der Waals surface area contributed by atoms with Crippen LogP contribution in [0, 0.1) is 11.3 Å². The van der Waals surface area contributed by atoms with Crippen molar-refractivity contribution in [3.63, 3.8) is 0 Å². The maximum Gasteiger partial charge on any atom is 0.244 e. The van der Waals surface area contributed by atoms with Gasteiger partial charge in [0.15, 0.2) is 0 Å². The highest BCUT2D eigenvalue weighted by Crippen LogP contribution is 2.15. The molecule has 0 radical (unpaired) electrons. The van der Waals surface area contributed by atoms with Gasteiger partial charge in [0.05, 0.1) is 11.6 Å². The van der Waals surface area contributed by atoms with Crippen molar-refractivity contribution in [2.45, 2.75) is 5.75 Å². The highest BCUT2D eigenvalue weighted by molar-refractivity contribution is 9.10. The van der Waals surface area contributed by atoms with Crippen LogP contribution in [-0.2, 0) is 10.5 Å². The maximum atomic E-state index is 11.8. The number of nitrogens with zero attached hydrogens (tertiary/aromatic N) is 1. The summed E-state index contributed by atoms with van der Waals surface area (Å²) in [7, 11) is 0. The molecule has 1 amide bonds. The average Bonchev–Trinajstić information content (AvgIpc) is 2.61. The molecule has 0 aromatic heterocycles. The Morgan fingerprint density at radius 1 is 1.21 bits per heavy atom. The van der Waals surface area contributed by atoms with Crippen LogP contribution in [0.4, 0.5) is 0 Å². The lowest BCUT2D eigenvalue weighted by Crippen LogP contribution is -2.23. The minimum atomic E-state index is -0.101. The van der Waals surface area contributed by atoms with Crippen LogP contribution >= 0.6 is 27.7 Å². The first kappa shape index (κ1) is 18.3. The molecule has 0 bridgehead atoms. The highest BCUT2D eigenvalue weighted by atomic mass is 79.9. The number of rotatable bonds is 7. The molecular formula is C19H17BrN2OS. The van der Waals surface area contributed by atoms with Crippen LogP contribution in [0.2, 0.25) is 0 Å². The van der Waals surface area contributed by atoms with Crippen LogP contribution in [0.15, 0.2) is 59.1 Å². The van der Waals surface area contributed by atoms with Crippen LogP contribution in [0.25, 0.3) is 6.08 Å². The second kappa shape index (κ2) is 9.96. The molecule has 5 heteroatoms. The molecule has 122 valence electrons. The van der Waals surface area contributed by atoms with Crippen molar-refractivity contribution in [2.75, 3.05) is 12.3 Å². The summed E-state index contributed by atoms with van der Waals surface area (Å²) >= 11 is 5.08. The predicted octanol–water partition coefficient (Wildman–Crippen LogP) is 4.38. The smallest absolute Gasteiger partial charge is 0.244 e. The first-order valence-corrected chi connectivity index (χ1v) is 9.41. The second-order valence-corrected chi connectivity index (χ2v) is 7.02. The number of carbonyl (C=O) groups excluding carboxylic acids is 1. The Kier molecular flexibility index (Phi) is 7.60. The van der Waals surface area contributed by atoms with Gasteiger partial charge in [0, 0.05) is 28.6 Å². The van der Waals surface area contributed by atoms with E-state index in [9.17, 15) is 4.79 Å². The van der Waals surface area contributed by atoms with Gasteiger partial charge in [-0.3, -0.25) is 4.79 Å². The molecule has 24 heavy (non-hydrogen) atoms. The molecule has 2 aromatic rings. The van der Waals surface area contributed by atoms with E-state index in [1.807, 2.05) is 48.5 Å². The number of hydrogen-bond acceptors (Lipinski definition) is 3. The monoisotopic (exact) mass is 400 g/mol.